The summed E-state index contributed by atoms with van der Waals surface area (Å²) in [7, 11) is -3.84. The maximum atomic E-state index is 13.5. The van der Waals surface area contributed by atoms with Crippen LogP contribution in [0.2, 0.25) is 0 Å². The molecule has 0 spiro atoms. The van der Waals surface area contributed by atoms with Gasteiger partial charge < -0.3 is 0 Å². The Morgan fingerprint density at radius 3 is 2.37 bits per heavy atom. The largest absolute Gasteiger partial charge is 0.350 e. The fourth-order valence-corrected chi connectivity index (χ4v) is 7.01. The lowest BCUT2D eigenvalue weighted by molar-refractivity contribution is -0.120. The summed E-state index contributed by atoms with van der Waals surface area (Å²) in [5.41, 5.74) is 0.820. The van der Waals surface area contributed by atoms with Crippen molar-refractivity contribution in [3.63, 3.8) is 0 Å². The molecule has 2 aromatic rings. The summed E-state index contributed by atoms with van der Waals surface area (Å²) in [4.78, 5) is 39.7. The maximum absolute atomic E-state index is 13.5. The average molecular weight is 501 g/mol. The molecule has 0 atom stereocenters. The van der Waals surface area contributed by atoms with Gasteiger partial charge in [-0.1, -0.05) is 19.8 Å². The molecular weight excluding hydrogens is 468 g/mol. The summed E-state index contributed by atoms with van der Waals surface area (Å²) in [5.74, 6) is 0.997. The van der Waals surface area contributed by atoms with Gasteiger partial charge in [-0.3, -0.25) is 19.6 Å². The standard InChI is InChI=1S/C25H32N4O5S/c1-15-3-5-16(6-4-15)14-28-20-8-7-18(35(33,34)27-24(2)9-10-24)11-19(20)21(30)29(23(28)32)26-22(31)25-12-17(25)13-25/h7-8,11,15-17,27H,3-6,9-10,12-14H2,1-2H3,(H,26,31). The molecule has 0 unspecified atom stereocenters. The Balaban J connectivity index is 1.44. The van der Waals surface area contributed by atoms with Crippen LogP contribution in [0.25, 0.3) is 10.9 Å². The predicted octanol–water partition coefficient (Wildman–Crippen LogP) is 2.30. The van der Waals surface area contributed by atoms with Crippen LogP contribution >= 0.6 is 0 Å². The van der Waals surface area contributed by atoms with Crippen molar-refractivity contribution in [2.75, 3.05) is 5.43 Å². The van der Waals surface area contributed by atoms with Gasteiger partial charge in [0.2, 0.25) is 15.9 Å². The van der Waals surface area contributed by atoms with E-state index in [0.717, 1.165) is 56.0 Å². The molecule has 2 N–H and O–H groups in total. The number of carbonyl (C=O) groups excluding carboxylic acids is 1. The highest BCUT2D eigenvalue weighted by atomic mass is 32.2. The summed E-state index contributed by atoms with van der Waals surface area (Å²) in [6.07, 6.45) is 7.27. The molecular formula is C25H32N4O5S. The molecule has 1 amide bonds. The lowest BCUT2D eigenvalue weighted by Gasteiger charge is -2.27. The molecule has 4 aliphatic carbocycles. The van der Waals surface area contributed by atoms with E-state index in [1.165, 1.54) is 12.1 Å². The zero-order valence-electron chi connectivity index (χ0n) is 20.2. The summed E-state index contributed by atoms with van der Waals surface area (Å²) >= 11 is 0. The molecule has 188 valence electrons. The highest BCUT2D eigenvalue weighted by molar-refractivity contribution is 7.89. The number of hydrogen-bond donors (Lipinski definition) is 2. The summed E-state index contributed by atoms with van der Waals surface area (Å²) in [6.45, 7) is 4.50. The van der Waals surface area contributed by atoms with E-state index in [0.29, 0.717) is 23.9 Å². The number of nitrogens with zero attached hydrogens (tertiary/aromatic N) is 2. The third kappa shape index (κ3) is 3.94. The van der Waals surface area contributed by atoms with Crippen molar-refractivity contribution >= 4 is 26.8 Å². The van der Waals surface area contributed by atoms with Crippen LogP contribution in [0.1, 0.15) is 65.2 Å². The Morgan fingerprint density at radius 2 is 1.77 bits per heavy atom. The highest BCUT2D eigenvalue weighted by Crippen LogP contribution is 2.75. The molecule has 4 aliphatic rings. The molecule has 1 heterocycles. The van der Waals surface area contributed by atoms with Gasteiger partial charge in [0.1, 0.15) is 0 Å². The number of fused-ring (bicyclic) bond motifs is 2. The fraction of sp³-hybridized carbons (Fsp3) is 0.640. The molecule has 1 aromatic carbocycles. The Hall–Kier alpha value is -2.46. The molecule has 0 radical (unpaired) electrons. The van der Waals surface area contributed by atoms with Crippen LogP contribution in [0.4, 0.5) is 0 Å². The third-order valence-corrected chi connectivity index (χ3v) is 10.4. The number of amides is 1. The maximum Gasteiger partial charge on any atom is 0.350 e. The van der Waals surface area contributed by atoms with Crippen molar-refractivity contribution in [3.05, 3.63) is 39.0 Å². The summed E-state index contributed by atoms with van der Waals surface area (Å²) < 4.78 is 31.0. The second kappa shape index (κ2) is 7.52. The average Bonchev–Trinajstić information content (AvgIpc) is 3.72. The second-order valence-electron chi connectivity index (χ2n) is 11.7. The number of nitrogens with one attached hydrogen (secondary N) is 2. The van der Waals surface area contributed by atoms with Gasteiger partial charge in [0.15, 0.2) is 0 Å². The lowest BCUT2D eigenvalue weighted by Crippen LogP contribution is -2.48. The van der Waals surface area contributed by atoms with Gasteiger partial charge in [-0.25, -0.2) is 17.9 Å². The Morgan fingerprint density at radius 1 is 1.11 bits per heavy atom. The van der Waals surface area contributed by atoms with Crippen LogP contribution in [0.5, 0.6) is 0 Å². The van der Waals surface area contributed by atoms with E-state index in [-0.39, 0.29) is 22.1 Å². The molecule has 6 rings (SSSR count). The van der Waals surface area contributed by atoms with Crippen molar-refractivity contribution in [2.45, 2.75) is 82.2 Å². The summed E-state index contributed by atoms with van der Waals surface area (Å²) in [5, 5.41) is 0.110. The van der Waals surface area contributed by atoms with E-state index < -0.39 is 32.2 Å². The van der Waals surface area contributed by atoms with E-state index in [1.54, 1.807) is 10.6 Å². The number of sulfonamides is 1. The topological polar surface area (TPSA) is 119 Å². The van der Waals surface area contributed by atoms with Crippen molar-refractivity contribution < 1.29 is 13.2 Å². The fourth-order valence-electron chi connectivity index (χ4n) is 5.52. The Bertz CT molecular complexity index is 1460. The first-order valence-corrected chi connectivity index (χ1v) is 14.1. The van der Waals surface area contributed by atoms with E-state index >= 15 is 0 Å². The lowest BCUT2D eigenvalue weighted by atomic mass is 9.83. The molecule has 0 bridgehead atoms. The SMILES string of the molecule is CC1CCC(Cn2c(=O)n(NC(=O)C34CC3C4)c(=O)c3cc(S(=O)(=O)NC4(C)CC4)ccc32)CC1. The Kier molecular flexibility index (Phi) is 4.94. The Labute approximate surface area is 203 Å². The number of rotatable bonds is 7. The molecule has 4 saturated carbocycles. The van der Waals surface area contributed by atoms with Crippen molar-refractivity contribution in [1.82, 2.24) is 14.0 Å². The van der Waals surface area contributed by atoms with Crippen LogP contribution in [-0.2, 0) is 21.4 Å². The van der Waals surface area contributed by atoms with E-state index in [9.17, 15) is 22.8 Å². The minimum atomic E-state index is -3.84. The smallest absolute Gasteiger partial charge is 0.291 e. The van der Waals surface area contributed by atoms with Crippen molar-refractivity contribution in [2.24, 2.45) is 23.2 Å². The molecule has 0 aliphatic heterocycles. The first-order valence-electron chi connectivity index (χ1n) is 12.7. The van der Waals surface area contributed by atoms with Crippen LogP contribution < -0.4 is 21.4 Å². The van der Waals surface area contributed by atoms with E-state index in [1.807, 2.05) is 6.92 Å². The van der Waals surface area contributed by atoms with Gasteiger partial charge in [-0.2, -0.15) is 4.68 Å². The van der Waals surface area contributed by atoms with Gasteiger partial charge in [0.05, 0.1) is 21.2 Å². The zero-order chi connectivity index (χ0) is 24.8. The molecule has 1 aromatic heterocycles. The first-order chi connectivity index (χ1) is 16.5. The van der Waals surface area contributed by atoms with Crippen molar-refractivity contribution in [1.29, 1.82) is 0 Å². The predicted molar refractivity (Wildman–Crippen MR) is 131 cm³/mol. The second-order valence-corrected chi connectivity index (χ2v) is 13.4. The molecule has 4 fully saturated rings. The molecule has 35 heavy (non-hydrogen) atoms. The van der Waals surface area contributed by atoms with Crippen LogP contribution in [0, 0.1) is 23.2 Å². The first kappa shape index (κ1) is 23.0. The molecule has 0 saturated heterocycles. The zero-order valence-corrected chi connectivity index (χ0v) is 21.0. The molecule has 9 nitrogen and oxygen atoms in total. The van der Waals surface area contributed by atoms with Crippen LogP contribution in [-0.4, -0.2) is 29.1 Å². The minimum Gasteiger partial charge on any atom is -0.291 e. The number of benzene rings is 1. The number of carbonyl (C=O) groups is 1. The van der Waals surface area contributed by atoms with E-state index in [4.69, 9.17) is 0 Å². The summed E-state index contributed by atoms with van der Waals surface area (Å²) in [6, 6.07) is 4.34. The number of hydrogen-bond acceptors (Lipinski definition) is 5. The molecule has 10 heteroatoms. The quantitative estimate of drug-likeness (QED) is 0.605. The normalized spacial score (nSPS) is 30.5. The van der Waals surface area contributed by atoms with Gasteiger partial charge in [-0.15, -0.1) is 0 Å². The number of aromatic nitrogens is 2. The van der Waals surface area contributed by atoms with Crippen molar-refractivity contribution in [3.8, 4) is 0 Å². The van der Waals surface area contributed by atoms with Crippen LogP contribution in [0.3, 0.4) is 0 Å². The van der Waals surface area contributed by atoms with Gasteiger partial charge >= 0.3 is 5.69 Å². The van der Waals surface area contributed by atoms with Gasteiger partial charge in [-0.05, 0) is 81.4 Å². The van der Waals surface area contributed by atoms with Gasteiger partial charge in [0, 0.05) is 12.1 Å². The van der Waals surface area contributed by atoms with Crippen LogP contribution in [0.15, 0.2) is 32.7 Å². The van der Waals surface area contributed by atoms with Gasteiger partial charge in [0.25, 0.3) is 5.56 Å². The van der Waals surface area contributed by atoms with E-state index in [2.05, 4.69) is 17.1 Å². The highest BCUT2D eigenvalue weighted by Gasteiger charge is 2.74. The minimum absolute atomic E-state index is 0.0205. The monoisotopic (exact) mass is 500 g/mol. The third-order valence-electron chi connectivity index (χ3n) is 8.73.